The molecule has 0 aliphatic carbocycles. The lowest BCUT2D eigenvalue weighted by Crippen LogP contribution is -2.45. The van der Waals surface area contributed by atoms with Crippen LogP contribution < -0.4 is 5.11 Å². The third-order valence-corrected chi connectivity index (χ3v) is 2.47. The van der Waals surface area contributed by atoms with Gasteiger partial charge in [0.15, 0.2) is 6.10 Å². The van der Waals surface area contributed by atoms with Crippen molar-refractivity contribution in [2.24, 2.45) is 0 Å². The molecule has 0 fully saturated rings. The highest BCUT2D eigenvalue weighted by molar-refractivity contribution is 5.71. The van der Waals surface area contributed by atoms with Crippen molar-refractivity contribution < 1.29 is 29.0 Å². The van der Waals surface area contributed by atoms with Gasteiger partial charge in [-0.1, -0.05) is 13.3 Å². The van der Waals surface area contributed by atoms with Gasteiger partial charge in [-0.3, -0.25) is 4.79 Å². The molecule has 0 aliphatic heterocycles. The van der Waals surface area contributed by atoms with Crippen LogP contribution in [0.1, 0.15) is 32.6 Å². The molecule has 1 N–H and O–H groups in total. The molecule has 6 heteroatoms. The summed E-state index contributed by atoms with van der Waals surface area (Å²) in [5, 5.41) is 20.2. The van der Waals surface area contributed by atoms with Gasteiger partial charge in [0.1, 0.15) is 6.54 Å². The Labute approximate surface area is 114 Å². The molecule has 0 spiro atoms. The topological polar surface area (TPSA) is 86.7 Å². The van der Waals surface area contributed by atoms with E-state index in [0.717, 1.165) is 6.42 Å². The molecule has 0 aliphatic rings. The average molecular weight is 275 g/mol. The molecule has 0 rings (SSSR count). The molecule has 0 unspecified atom stereocenters. The van der Waals surface area contributed by atoms with Gasteiger partial charge in [-0.25, -0.2) is 0 Å². The Morgan fingerprint density at radius 1 is 1.26 bits per heavy atom. The summed E-state index contributed by atoms with van der Waals surface area (Å²) in [6, 6.07) is 0. The first-order valence-corrected chi connectivity index (χ1v) is 6.52. The molecular weight excluding hydrogens is 250 g/mol. The predicted molar refractivity (Wildman–Crippen MR) is 67.9 cm³/mol. The van der Waals surface area contributed by atoms with Crippen LogP contribution in [0.4, 0.5) is 0 Å². The fraction of sp³-hybridized carbons (Fsp3) is 0.846. The third kappa shape index (κ3) is 10.5. The van der Waals surface area contributed by atoms with Gasteiger partial charge in [-0.15, -0.1) is 0 Å². The largest absolute Gasteiger partial charge is 0.550 e. The number of aliphatic hydroxyl groups excluding tert-OH is 1. The van der Waals surface area contributed by atoms with E-state index in [1.165, 1.54) is 0 Å². The maximum Gasteiger partial charge on any atom is 0.308 e. The first-order chi connectivity index (χ1) is 8.64. The Hall–Kier alpha value is -1.14. The number of carboxylic acid groups (broad SMARTS) is 1. The molecule has 0 amide bonds. The van der Waals surface area contributed by atoms with Crippen LogP contribution in [-0.4, -0.2) is 61.4 Å². The summed E-state index contributed by atoms with van der Waals surface area (Å²) in [6.45, 7) is 2.29. The number of aliphatic hydroxyl groups is 1. The van der Waals surface area contributed by atoms with E-state index in [9.17, 15) is 19.8 Å². The van der Waals surface area contributed by atoms with E-state index in [2.05, 4.69) is 0 Å². The first kappa shape index (κ1) is 17.9. The van der Waals surface area contributed by atoms with Crippen molar-refractivity contribution in [1.29, 1.82) is 0 Å². The summed E-state index contributed by atoms with van der Waals surface area (Å²) >= 11 is 0. The second kappa shape index (κ2) is 8.12. The maximum atomic E-state index is 11.6. The standard InChI is InChI=1S/C13H25NO5/c1-5-6-10(15)7-13(18)19-11(8-12(16)17)9-14(2,3)4/h10-11,15H,5-9H2,1-4H3/t10-,11+/m0/s1. The highest BCUT2D eigenvalue weighted by Crippen LogP contribution is 2.08. The van der Waals surface area contributed by atoms with Crippen LogP contribution in [0.25, 0.3) is 0 Å². The van der Waals surface area contributed by atoms with Crippen LogP contribution in [0.15, 0.2) is 0 Å². The minimum Gasteiger partial charge on any atom is -0.550 e. The van der Waals surface area contributed by atoms with E-state index >= 15 is 0 Å². The highest BCUT2D eigenvalue weighted by Gasteiger charge is 2.23. The van der Waals surface area contributed by atoms with Crippen LogP contribution in [0.2, 0.25) is 0 Å². The minimum absolute atomic E-state index is 0.103. The number of carbonyl (C=O) groups excluding carboxylic acids is 2. The van der Waals surface area contributed by atoms with E-state index in [0.29, 0.717) is 17.4 Å². The van der Waals surface area contributed by atoms with Crippen LogP contribution in [0, 0.1) is 0 Å². The maximum absolute atomic E-state index is 11.6. The van der Waals surface area contributed by atoms with Crippen molar-refractivity contribution in [3.8, 4) is 0 Å². The fourth-order valence-electron chi connectivity index (χ4n) is 1.80. The third-order valence-electron chi connectivity index (χ3n) is 2.47. The quantitative estimate of drug-likeness (QED) is 0.444. The zero-order chi connectivity index (χ0) is 15.1. The van der Waals surface area contributed by atoms with Crippen LogP contribution in [0.5, 0.6) is 0 Å². The molecule has 0 aromatic rings. The molecule has 0 bridgehead atoms. The van der Waals surface area contributed by atoms with Gasteiger partial charge >= 0.3 is 5.97 Å². The lowest BCUT2D eigenvalue weighted by Gasteiger charge is -2.29. The molecule has 19 heavy (non-hydrogen) atoms. The molecule has 0 heterocycles. The van der Waals surface area contributed by atoms with Crippen molar-refractivity contribution in [2.75, 3.05) is 27.7 Å². The van der Waals surface area contributed by atoms with Gasteiger partial charge in [0.25, 0.3) is 0 Å². The van der Waals surface area contributed by atoms with Gasteiger partial charge in [-0.2, -0.15) is 0 Å². The van der Waals surface area contributed by atoms with Crippen molar-refractivity contribution in [3.05, 3.63) is 0 Å². The van der Waals surface area contributed by atoms with Gasteiger partial charge in [0.05, 0.1) is 33.7 Å². The van der Waals surface area contributed by atoms with Gasteiger partial charge in [-0.05, 0) is 6.42 Å². The number of nitrogens with zero attached hydrogens (tertiary/aromatic N) is 1. The fourth-order valence-corrected chi connectivity index (χ4v) is 1.80. The summed E-state index contributed by atoms with van der Waals surface area (Å²) in [5.41, 5.74) is 0. The van der Waals surface area contributed by atoms with Gasteiger partial charge in [0.2, 0.25) is 0 Å². The van der Waals surface area contributed by atoms with Crippen LogP contribution in [0.3, 0.4) is 0 Å². The Morgan fingerprint density at radius 3 is 2.26 bits per heavy atom. The average Bonchev–Trinajstić information content (AvgIpc) is 2.12. The van der Waals surface area contributed by atoms with Crippen molar-refractivity contribution in [1.82, 2.24) is 0 Å². The first-order valence-electron chi connectivity index (χ1n) is 6.52. The molecule has 0 aromatic carbocycles. The molecule has 0 saturated carbocycles. The summed E-state index contributed by atoms with van der Waals surface area (Å²) in [6.07, 6.45) is -0.595. The molecule has 0 radical (unpaired) electrons. The second-order valence-corrected chi connectivity index (χ2v) is 5.81. The van der Waals surface area contributed by atoms with E-state index in [1.807, 2.05) is 28.1 Å². The summed E-state index contributed by atoms with van der Waals surface area (Å²) < 4.78 is 5.59. The van der Waals surface area contributed by atoms with Crippen molar-refractivity contribution in [3.63, 3.8) is 0 Å². The lowest BCUT2D eigenvalue weighted by atomic mass is 10.1. The number of hydrogen-bond acceptors (Lipinski definition) is 5. The second-order valence-electron chi connectivity index (χ2n) is 5.81. The number of ether oxygens (including phenoxy) is 1. The van der Waals surface area contributed by atoms with E-state index in [1.54, 1.807) is 0 Å². The van der Waals surface area contributed by atoms with E-state index < -0.39 is 24.1 Å². The molecule has 0 saturated heterocycles. The van der Waals surface area contributed by atoms with Gasteiger partial charge < -0.3 is 24.2 Å². The van der Waals surface area contributed by atoms with Gasteiger partial charge in [0, 0.05) is 12.4 Å². The van der Waals surface area contributed by atoms with Crippen molar-refractivity contribution >= 4 is 11.9 Å². The Balaban J connectivity index is 4.38. The molecule has 0 aromatic heterocycles. The number of aliphatic carboxylic acids is 1. The summed E-state index contributed by atoms with van der Waals surface area (Å²) in [5.74, 6) is -1.82. The SMILES string of the molecule is CCC[C@H](O)CC(=O)O[C@H](CC(=O)[O-])C[N+](C)(C)C. The summed E-state index contributed by atoms with van der Waals surface area (Å²) in [7, 11) is 5.63. The minimum atomic E-state index is -1.25. The number of quaternary nitrogens is 1. The molecule has 6 nitrogen and oxygen atoms in total. The summed E-state index contributed by atoms with van der Waals surface area (Å²) in [4.78, 5) is 22.2. The monoisotopic (exact) mass is 275 g/mol. The zero-order valence-electron chi connectivity index (χ0n) is 12.2. The number of likely N-dealkylation sites (N-methyl/N-ethyl adjacent to an activating group) is 1. The highest BCUT2D eigenvalue weighted by atomic mass is 16.5. The van der Waals surface area contributed by atoms with Crippen LogP contribution in [-0.2, 0) is 14.3 Å². The van der Waals surface area contributed by atoms with Crippen molar-refractivity contribution in [2.45, 2.75) is 44.8 Å². The molecular formula is C13H25NO5. The zero-order valence-corrected chi connectivity index (χ0v) is 12.2. The molecule has 2 atom stereocenters. The normalized spacial score (nSPS) is 14.8. The predicted octanol–water partition coefficient (Wildman–Crippen LogP) is -0.704. The number of hydrogen-bond donors (Lipinski definition) is 1. The Bertz CT molecular complexity index is 298. The number of carbonyl (C=O) groups is 2. The lowest BCUT2D eigenvalue weighted by molar-refractivity contribution is -0.873. The smallest absolute Gasteiger partial charge is 0.308 e. The number of carboxylic acids is 1. The Morgan fingerprint density at radius 2 is 1.84 bits per heavy atom. The number of rotatable bonds is 9. The Kier molecular flexibility index (Phi) is 7.63. The van der Waals surface area contributed by atoms with E-state index in [4.69, 9.17) is 4.74 Å². The molecule has 112 valence electrons. The number of esters is 1. The van der Waals surface area contributed by atoms with E-state index in [-0.39, 0.29) is 12.8 Å². The van der Waals surface area contributed by atoms with Crippen LogP contribution >= 0.6 is 0 Å².